The Morgan fingerprint density at radius 3 is 2.55 bits per heavy atom. The minimum absolute atomic E-state index is 0.0476. The quantitative estimate of drug-likeness (QED) is 0.826. The smallest absolute Gasteiger partial charge is 0.128 e. The van der Waals surface area contributed by atoms with Crippen LogP contribution in [0.15, 0.2) is 24.3 Å². The third kappa shape index (κ3) is 3.28. The second kappa shape index (κ2) is 6.51. The Balaban J connectivity index is 2.46. The molecule has 108 valence electrons. The van der Waals surface area contributed by atoms with E-state index in [0.717, 1.165) is 24.1 Å². The third-order valence-electron chi connectivity index (χ3n) is 3.40. The predicted molar refractivity (Wildman–Crippen MR) is 85.1 cm³/mol. The second-order valence-corrected chi connectivity index (χ2v) is 6.60. The number of hydrogen-bond acceptors (Lipinski definition) is 2. The topological polar surface area (TPSA) is 12.0 Å². The molecule has 1 heterocycles. The van der Waals surface area contributed by atoms with Crippen LogP contribution in [0.3, 0.4) is 0 Å². The van der Waals surface area contributed by atoms with Crippen molar-refractivity contribution in [1.29, 1.82) is 0 Å². The largest absolute Gasteiger partial charge is 0.306 e. The molecule has 1 N–H and O–H groups in total. The van der Waals surface area contributed by atoms with Gasteiger partial charge in [-0.05, 0) is 51.4 Å². The summed E-state index contributed by atoms with van der Waals surface area (Å²) in [6.07, 6.45) is 1.04. The van der Waals surface area contributed by atoms with E-state index in [0.29, 0.717) is 0 Å². The highest BCUT2D eigenvalue weighted by Crippen LogP contribution is 2.33. The van der Waals surface area contributed by atoms with E-state index >= 15 is 0 Å². The van der Waals surface area contributed by atoms with E-state index in [2.05, 4.69) is 32.2 Å². The molecule has 2 aromatic rings. The highest BCUT2D eigenvalue weighted by Gasteiger charge is 2.21. The van der Waals surface area contributed by atoms with Crippen molar-refractivity contribution in [3.8, 4) is 0 Å². The van der Waals surface area contributed by atoms with Gasteiger partial charge in [0.05, 0.1) is 6.04 Å². The molecule has 0 amide bonds. The van der Waals surface area contributed by atoms with Gasteiger partial charge in [-0.2, -0.15) is 0 Å². The van der Waals surface area contributed by atoms with Crippen molar-refractivity contribution in [2.45, 2.75) is 40.2 Å². The van der Waals surface area contributed by atoms with Crippen LogP contribution in [0.4, 0.5) is 4.39 Å². The summed E-state index contributed by atoms with van der Waals surface area (Å²) in [4.78, 5) is 2.49. The molecule has 3 heteroatoms. The number of aryl methyl sites for hydroxylation is 3. The lowest BCUT2D eigenvalue weighted by Gasteiger charge is -2.20. The van der Waals surface area contributed by atoms with Gasteiger partial charge in [-0.25, -0.2) is 4.39 Å². The van der Waals surface area contributed by atoms with Crippen LogP contribution in [0.25, 0.3) is 0 Å². The van der Waals surface area contributed by atoms with E-state index in [1.165, 1.54) is 15.3 Å². The number of benzene rings is 1. The first-order valence-corrected chi connectivity index (χ1v) is 7.91. The zero-order valence-corrected chi connectivity index (χ0v) is 13.4. The van der Waals surface area contributed by atoms with Gasteiger partial charge < -0.3 is 5.32 Å². The van der Waals surface area contributed by atoms with Crippen LogP contribution in [0.1, 0.15) is 45.8 Å². The molecule has 0 radical (unpaired) electrons. The van der Waals surface area contributed by atoms with Crippen molar-refractivity contribution >= 4 is 11.3 Å². The van der Waals surface area contributed by atoms with Gasteiger partial charge in [-0.3, -0.25) is 0 Å². The second-order valence-electron chi connectivity index (χ2n) is 5.32. The minimum Gasteiger partial charge on any atom is -0.306 e. The van der Waals surface area contributed by atoms with Gasteiger partial charge in [0.15, 0.2) is 0 Å². The van der Waals surface area contributed by atoms with Gasteiger partial charge in [0, 0.05) is 15.3 Å². The van der Waals surface area contributed by atoms with Crippen molar-refractivity contribution in [3.63, 3.8) is 0 Å². The van der Waals surface area contributed by atoms with Crippen molar-refractivity contribution in [3.05, 3.63) is 56.5 Å². The van der Waals surface area contributed by atoms with E-state index < -0.39 is 0 Å². The predicted octanol–water partition coefficient (Wildman–Crippen LogP) is 4.90. The molecular weight excluding hydrogens is 269 g/mol. The van der Waals surface area contributed by atoms with Gasteiger partial charge >= 0.3 is 0 Å². The van der Waals surface area contributed by atoms with E-state index in [4.69, 9.17) is 0 Å². The summed E-state index contributed by atoms with van der Waals surface area (Å²) in [6, 6.07) is 7.47. The molecule has 0 aliphatic rings. The van der Waals surface area contributed by atoms with Crippen LogP contribution in [0.5, 0.6) is 0 Å². The molecule has 1 unspecified atom stereocenters. The maximum absolute atomic E-state index is 14.2. The Labute approximate surface area is 124 Å². The Kier molecular flexibility index (Phi) is 4.95. The molecule has 0 bridgehead atoms. The Hall–Kier alpha value is -1.19. The van der Waals surface area contributed by atoms with Crippen molar-refractivity contribution in [2.75, 3.05) is 6.54 Å². The molecule has 0 aliphatic carbocycles. The molecule has 0 saturated carbocycles. The van der Waals surface area contributed by atoms with Gasteiger partial charge in [-0.15, -0.1) is 11.3 Å². The molecule has 2 rings (SSSR count). The zero-order chi connectivity index (χ0) is 14.7. The van der Waals surface area contributed by atoms with Crippen molar-refractivity contribution in [2.24, 2.45) is 0 Å². The summed E-state index contributed by atoms with van der Waals surface area (Å²) in [5.74, 6) is -0.130. The molecule has 0 spiro atoms. The lowest BCUT2D eigenvalue weighted by atomic mass is 10.00. The molecule has 20 heavy (non-hydrogen) atoms. The molecular formula is C17H22FNS. The molecule has 0 aliphatic heterocycles. The standard InChI is InChI=1S/C17H22FNS/c1-5-8-19-16(17-12(3)10-13(4)20-17)14-9-11(2)6-7-15(14)18/h6-7,9-10,16,19H,5,8H2,1-4H3. The van der Waals surface area contributed by atoms with Crippen LogP contribution in [0.2, 0.25) is 0 Å². The lowest BCUT2D eigenvalue weighted by Crippen LogP contribution is -2.24. The number of rotatable bonds is 5. The maximum Gasteiger partial charge on any atom is 0.128 e. The summed E-state index contributed by atoms with van der Waals surface area (Å²) in [6.45, 7) is 9.22. The van der Waals surface area contributed by atoms with Crippen LogP contribution in [-0.2, 0) is 0 Å². The van der Waals surface area contributed by atoms with Crippen molar-refractivity contribution in [1.82, 2.24) is 5.32 Å². The van der Waals surface area contributed by atoms with Crippen LogP contribution >= 0.6 is 11.3 Å². The van der Waals surface area contributed by atoms with Gasteiger partial charge in [0.25, 0.3) is 0 Å². The summed E-state index contributed by atoms with van der Waals surface area (Å²) < 4.78 is 14.2. The molecule has 1 atom stereocenters. The SMILES string of the molecule is CCCNC(c1cc(C)ccc1F)c1sc(C)cc1C. The molecule has 0 fully saturated rings. The lowest BCUT2D eigenvalue weighted by molar-refractivity contribution is 0.549. The van der Waals surface area contributed by atoms with Gasteiger partial charge in [0.2, 0.25) is 0 Å². The summed E-state index contributed by atoms with van der Waals surface area (Å²) in [5.41, 5.74) is 3.08. The molecule has 1 aromatic heterocycles. The zero-order valence-electron chi connectivity index (χ0n) is 12.6. The summed E-state index contributed by atoms with van der Waals surface area (Å²) in [5, 5.41) is 3.49. The number of thiophene rings is 1. The fourth-order valence-corrected chi connectivity index (χ4v) is 3.59. The highest BCUT2D eigenvalue weighted by atomic mass is 32.1. The Morgan fingerprint density at radius 2 is 1.95 bits per heavy atom. The average Bonchev–Trinajstić information content (AvgIpc) is 2.73. The third-order valence-corrected chi connectivity index (χ3v) is 4.62. The van der Waals surface area contributed by atoms with E-state index in [1.54, 1.807) is 17.4 Å². The number of hydrogen-bond donors (Lipinski definition) is 1. The van der Waals surface area contributed by atoms with Crippen LogP contribution < -0.4 is 5.32 Å². The summed E-state index contributed by atoms with van der Waals surface area (Å²) in [7, 11) is 0. The normalized spacial score (nSPS) is 12.7. The molecule has 0 saturated heterocycles. The van der Waals surface area contributed by atoms with Gasteiger partial charge in [-0.1, -0.05) is 24.6 Å². The summed E-state index contributed by atoms with van der Waals surface area (Å²) >= 11 is 1.75. The minimum atomic E-state index is -0.130. The fraction of sp³-hybridized carbons (Fsp3) is 0.412. The first kappa shape index (κ1) is 15.2. The van der Waals surface area contributed by atoms with Gasteiger partial charge in [0.1, 0.15) is 5.82 Å². The van der Waals surface area contributed by atoms with Crippen molar-refractivity contribution < 1.29 is 4.39 Å². The maximum atomic E-state index is 14.2. The van der Waals surface area contributed by atoms with Crippen LogP contribution in [-0.4, -0.2) is 6.54 Å². The van der Waals surface area contributed by atoms with E-state index in [9.17, 15) is 4.39 Å². The first-order chi connectivity index (χ1) is 9.52. The van der Waals surface area contributed by atoms with E-state index in [-0.39, 0.29) is 11.9 Å². The number of halogens is 1. The first-order valence-electron chi connectivity index (χ1n) is 7.09. The Morgan fingerprint density at radius 1 is 1.20 bits per heavy atom. The average molecular weight is 291 g/mol. The fourth-order valence-electron chi connectivity index (χ4n) is 2.46. The molecule has 1 nitrogen and oxygen atoms in total. The van der Waals surface area contributed by atoms with E-state index in [1.807, 2.05) is 19.1 Å². The van der Waals surface area contributed by atoms with Crippen LogP contribution in [0, 0.1) is 26.6 Å². The highest BCUT2D eigenvalue weighted by molar-refractivity contribution is 7.12. The monoisotopic (exact) mass is 291 g/mol. The number of nitrogens with one attached hydrogen (secondary N) is 1. The Bertz CT molecular complexity index is 589. The molecule has 1 aromatic carbocycles.